The highest BCUT2D eigenvalue weighted by Crippen LogP contribution is 2.29. The Morgan fingerprint density at radius 1 is 1.12 bits per heavy atom. The molecule has 4 atom stereocenters. The first-order valence-electron chi connectivity index (χ1n) is 9.44. The summed E-state index contributed by atoms with van der Waals surface area (Å²) in [4.78, 5) is 5.14. The van der Waals surface area contributed by atoms with Crippen LogP contribution in [-0.2, 0) is 0 Å². The lowest BCUT2D eigenvalue weighted by atomic mass is 10.0. The maximum atomic E-state index is 5.73. The minimum absolute atomic E-state index is 0.253. The summed E-state index contributed by atoms with van der Waals surface area (Å²) in [5, 5.41) is 4.45. The molecule has 0 radical (unpaired) electrons. The lowest BCUT2D eigenvalue weighted by molar-refractivity contribution is 0.0939. The summed E-state index contributed by atoms with van der Waals surface area (Å²) in [6, 6.07) is 12.9. The van der Waals surface area contributed by atoms with Gasteiger partial charge < -0.3 is 10.2 Å². The van der Waals surface area contributed by atoms with Crippen molar-refractivity contribution in [2.75, 3.05) is 13.1 Å². The minimum Gasteiger partial charge on any atom is -0.356 e. The normalized spacial score (nSPS) is 29.5. The molecule has 2 aliphatic heterocycles. The molecule has 0 saturated carbocycles. The number of rotatable bonds is 3. The summed E-state index contributed by atoms with van der Waals surface area (Å²) in [6.45, 7) is 9.11. The summed E-state index contributed by atoms with van der Waals surface area (Å²) >= 11 is 5.73. The average molecular weight is 346 g/mol. The Kier molecular flexibility index (Phi) is 5.77. The van der Waals surface area contributed by atoms with Gasteiger partial charge in [-0.2, -0.15) is 0 Å². The van der Waals surface area contributed by atoms with E-state index in [9.17, 15) is 0 Å². The molecule has 0 bridgehead atoms. The minimum atomic E-state index is 0.253. The van der Waals surface area contributed by atoms with Crippen LogP contribution in [0, 0.1) is 0 Å². The van der Waals surface area contributed by atoms with Gasteiger partial charge in [0.2, 0.25) is 0 Å². The topological polar surface area (TPSA) is 18.5 Å². The summed E-state index contributed by atoms with van der Waals surface area (Å²) in [6.07, 6.45) is 5.22. The molecule has 3 nitrogen and oxygen atoms in total. The molecule has 1 N–H and O–H groups in total. The summed E-state index contributed by atoms with van der Waals surface area (Å²) in [5.74, 6) is 0. The van der Waals surface area contributed by atoms with E-state index in [2.05, 4.69) is 66.2 Å². The van der Waals surface area contributed by atoms with E-state index in [4.69, 9.17) is 12.2 Å². The number of benzene rings is 1. The van der Waals surface area contributed by atoms with E-state index in [1.54, 1.807) is 0 Å². The van der Waals surface area contributed by atoms with Crippen LogP contribution < -0.4 is 5.32 Å². The van der Waals surface area contributed by atoms with Crippen LogP contribution in [0.4, 0.5) is 0 Å². The maximum absolute atomic E-state index is 5.73. The molecule has 0 amide bonds. The first-order valence-corrected chi connectivity index (χ1v) is 9.85. The molecule has 132 valence electrons. The third kappa shape index (κ3) is 3.92. The molecule has 24 heavy (non-hydrogen) atoms. The first-order chi connectivity index (χ1) is 11.6. The summed E-state index contributed by atoms with van der Waals surface area (Å²) < 4.78 is 0. The quantitative estimate of drug-likeness (QED) is 0.836. The molecule has 2 saturated heterocycles. The number of thiocarbonyl (C=S) groups is 1. The Morgan fingerprint density at radius 3 is 2.46 bits per heavy atom. The highest BCUT2D eigenvalue weighted by Gasteiger charge is 2.35. The van der Waals surface area contributed by atoms with Gasteiger partial charge in [-0.3, -0.25) is 4.90 Å². The highest BCUT2D eigenvalue weighted by molar-refractivity contribution is 7.80. The van der Waals surface area contributed by atoms with Crippen molar-refractivity contribution >= 4 is 17.3 Å². The van der Waals surface area contributed by atoms with Crippen molar-refractivity contribution in [3.05, 3.63) is 35.9 Å². The Balaban J connectivity index is 1.59. The van der Waals surface area contributed by atoms with Crippen molar-refractivity contribution in [1.29, 1.82) is 0 Å². The molecule has 3 rings (SSSR count). The fourth-order valence-electron chi connectivity index (χ4n) is 4.42. The van der Waals surface area contributed by atoms with Crippen LogP contribution in [0.5, 0.6) is 0 Å². The zero-order valence-electron chi connectivity index (χ0n) is 15.2. The molecule has 0 spiro atoms. The number of nitrogens with zero attached hydrogens (tertiary/aromatic N) is 2. The largest absolute Gasteiger partial charge is 0.356 e. The van der Waals surface area contributed by atoms with Crippen LogP contribution in [0.15, 0.2) is 30.3 Å². The van der Waals surface area contributed by atoms with Gasteiger partial charge in [-0.1, -0.05) is 30.3 Å². The first kappa shape index (κ1) is 17.7. The molecule has 1 aromatic rings. The number of hydrogen-bond acceptors (Lipinski definition) is 2. The predicted molar refractivity (Wildman–Crippen MR) is 105 cm³/mol. The molecule has 2 heterocycles. The summed E-state index contributed by atoms with van der Waals surface area (Å²) in [5.41, 5.74) is 1.29. The van der Waals surface area contributed by atoms with Gasteiger partial charge in [-0.15, -0.1) is 0 Å². The SMILES string of the molecule is CC(NC(=S)N1CCCC(N2C(C)CCC2C)C1)c1ccccc1. The lowest BCUT2D eigenvalue weighted by Gasteiger charge is -2.42. The molecular weight excluding hydrogens is 314 g/mol. The van der Waals surface area contributed by atoms with E-state index >= 15 is 0 Å². The molecule has 4 unspecified atom stereocenters. The summed E-state index contributed by atoms with van der Waals surface area (Å²) in [7, 11) is 0. The zero-order chi connectivity index (χ0) is 17.1. The van der Waals surface area contributed by atoms with Gasteiger partial charge in [-0.25, -0.2) is 0 Å². The Labute approximate surface area is 152 Å². The highest BCUT2D eigenvalue weighted by atomic mass is 32.1. The molecule has 1 aromatic carbocycles. The number of piperidine rings is 1. The smallest absolute Gasteiger partial charge is 0.169 e. The molecule has 4 heteroatoms. The number of likely N-dealkylation sites (tertiary alicyclic amines) is 2. The average Bonchev–Trinajstić information content (AvgIpc) is 2.94. The Bertz CT molecular complexity index is 537. The molecule has 0 aliphatic carbocycles. The molecular formula is C20H31N3S. The molecule has 2 aliphatic rings. The van der Waals surface area contributed by atoms with Gasteiger partial charge in [0, 0.05) is 31.2 Å². The van der Waals surface area contributed by atoms with Crippen LogP contribution in [-0.4, -0.2) is 46.1 Å². The van der Waals surface area contributed by atoms with Crippen LogP contribution >= 0.6 is 12.2 Å². The van der Waals surface area contributed by atoms with Crippen LogP contribution in [0.3, 0.4) is 0 Å². The van der Waals surface area contributed by atoms with Crippen molar-refractivity contribution in [2.45, 2.75) is 70.6 Å². The van der Waals surface area contributed by atoms with Crippen molar-refractivity contribution in [2.24, 2.45) is 0 Å². The van der Waals surface area contributed by atoms with E-state index in [1.165, 1.54) is 31.2 Å². The van der Waals surface area contributed by atoms with Crippen LogP contribution in [0.1, 0.15) is 58.1 Å². The van der Waals surface area contributed by atoms with Gasteiger partial charge >= 0.3 is 0 Å². The molecule has 2 fully saturated rings. The van der Waals surface area contributed by atoms with E-state index in [0.29, 0.717) is 6.04 Å². The van der Waals surface area contributed by atoms with Crippen molar-refractivity contribution in [3.8, 4) is 0 Å². The second-order valence-electron chi connectivity index (χ2n) is 7.55. The standard InChI is InChI=1S/C20H31N3S/c1-15-11-12-16(2)23(15)19-10-7-13-22(14-19)20(24)21-17(3)18-8-5-4-6-9-18/h4-6,8-9,15-17,19H,7,10-14H2,1-3H3,(H,21,24). The van der Waals surface area contributed by atoms with Gasteiger partial charge in [0.15, 0.2) is 5.11 Å². The Hall–Kier alpha value is -1.13. The third-order valence-electron chi connectivity index (χ3n) is 5.77. The van der Waals surface area contributed by atoms with Crippen molar-refractivity contribution < 1.29 is 0 Å². The molecule has 0 aromatic heterocycles. The maximum Gasteiger partial charge on any atom is 0.169 e. The van der Waals surface area contributed by atoms with Gasteiger partial charge in [0.1, 0.15) is 0 Å². The zero-order valence-corrected chi connectivity index (χ0v) is 16.1. The fourth-order valence-corrected chi connectivity index (χ4v) is 4.76. The van der Waals surface area contributed by atoms with Crippen molar-refractivity contribution in [1.82, 2.24) is 15.1 Å². The Morgan fingerprint density at radius 2 is 1.79 bits per heavy atom. The van der Waals surface area contributed by atoms with Gasteiger partial charge in [0.25, 0.3) is 0 Å². The number of hydrogen-bond donors (Lipinski definition) is 1. The van der Waals surface area contributed by atoms with E-state index in [0.717, 1.165) is 30.3 Å². The second-order valence-corrected chi connectivity index (χ2v) is 7.93. The fraction of sp³-hybridized carbons (Fsp3) is 0.650. The van der Waals surface area contributed by atoms with Crippen molar-refractivity contribution in [3.63, 3.8) is 0 Å². The third-order valence-corrected chi connectivity index (χ3v) is 6.14. The van der Waals surface area contributed by atoms with Crippen LogP contribution in [0.2, 0.25) is 0 Å². The van der Waals surface area contributed by atoms with E-state index in [1.807, 2.05) is 0 Å². The van der Waals surface area contributed by atoms with E-state index < -0.39 is 0 Å². The second kappa shape index (κ2) is 7.83. The van der Waals surface area contributed by atoms with E-state index in [-0.39, 0.29) is 6.04 Å². The van der Waals surface area contributed by atoms with Gasteiger partial charge in [-0.05, 0) is 64.2 Å². The monoisotopic (exact) mass is 345 g/mol. The number of nitrogens with one attached hydrogen (secondary N) is 1. The lowest BCUT2D eigenvalue weighted by Crippen LogP contribution is -2.54. The predicted octanol–water partition coefficient (Wildman–Crippen LogP) is 3.96. The van der Waals surface area contributed by atoms with Gasteiger partial charge in [0.05, 0.1) is 6.04 Å². The van der Waals surface area contributed by atoms with Crippen LogP contribution in [0.25, 0.3) is 0 Å².